The Morgan fingerprint density at radius 3 is 2.88 bits per heavy atom. The number of aliphatic imine (C=N–C) groups is 1. The molecule has 3 N–H and O–H groups in total. The van der Waals surface area contributed by atoms with Crippen molar-refractivity contribution in [2.75, 3.05) is 6.54 Å². The van der Waals surface area contributed by atoms with Crippen LogP contribution in [0.4, 0.5) is 0 Å². The van der Waals surface area contributed by atoms with E-state index in [4.69, 9.17) is 21.9 Å². The van der Waals surface area contributed by atoms with Gasteiger partial charge in [-0.15, -0.1) is 24.0 Å². The third kappa shape index (κ3) is 6.14. The molecule has 136 valence electrons. The fourth-order valence-corrected chi connectivity index (χ4v) is 3.07. The predicted molar refractivity (Wildman–Crippen MR) is 110 cm³/mol. The molecule has 0 aliphatic heterocycles. The maximum absolute atomic E-state index is 5.98. The van der Waals surface area contributed by atoms with Gasteiger partial charge in [-0.25, -0.2) is 0 Å². The second kappa shape index (κ2) is 9.96. The summed E-state index contributed by atoms with van der Waals surface area (Å²) >= 11 is 5.98. The highest BCUT2D eigenvalue weighted by Crippen LogP contribution is 2.20. The maximum Gasteiger partial charge on any atom is 0.228 e. The summed E-state index contributed by atoms with van der Waals surface area (Å²) in [4.78, 5) is 8.71. The van der Waals surface area contributed by atoms with Crippen molar-refractivity contribution in [2.45, 2.75) is 44.6 Å². The average Bonchev–Trinajstić information content (AvgIpc) is 3.05. The van der Waals surface area contributed by atoms with E-state index < -0.39 is 0 Å². The molecule has 1 aromatic carbocycles. The number of nitrogens with zero attached hydrogens (tertiary/aromatic N) is 3. The van der Waals surface area contributed by atoms with Crippen LogP contribution in [0.5, 0.6) is 0 Å². The van der Waals surface area contributed by atoms with Gasteiger partial charge in [-0.2, -0.15) is 4.98 Å². The zero-order valence-corrected chi connectivity index (χ0v) is 17.0. The minimum absolute atomic E-state index is 0. The smallest absolute Gasteiger partial charge is 0.228 e. The summed E-state index contributed by atoms with van der Waals surface area (Å²) in [6.45, 7) is 0.517. The first-order valence-electron chi connectivity index (χ1n) is 8.36. The SMILES string of the molecule is I.NC(=NCCc1nc(-c2cccc(Cl)c2)no1)NC1CCCCC1. The lowest BCUT2D eigenvalue weighted by molar-refractivity contribution is 0.380. The molecule has 6 nitrogen and oxygen atoms in total. The van der Waals surface area contributed by atoms with Crippen LogP contribution in [0.2, 0.25) is 5.02 Å². The molecular weight excluding hydrogens is 453 g/mol. The summed E-state index contributed by atoms with van der Waals surface area (Å²) in [5.74, 6) is 1.57. The highest BCUT2D eigenvalue weighted by molar-refractivity contribution is 14.0. The summed E-state index contributed by atoms with van der Waals surface area (Å²) in [5.41, 5.74) is 6.77. The van der Waals surface area contributed by atoms with Gasteiger partial charge in [0.25, 0.3) is 0 Å². The fraction of sp³-hybridized carbons (Fsp3) is 0.471. The van der Waals surface area contributed by atoms with Crippen LogP contribution < -0.4 is 11.1 Å². The van der Waals surface area contributed by atoms with Crippen LogP contribution in [0.1, 0.15) is 38.0 Å². The highest BCUT2D eigenvalue weighted by Gasteiger charge is 2.13. The molecular formula is C17H23ClIN5O. The molecule has 1 aliphatic carbocycles. The van der Waals surface area contributed by atoms with Crippen LogP contribution in [0, 0.1) is 0 Å². The van der Waals surface area contributed by atoms with Crippen LogP contribution in [0.3, 0.4) is 0 Å². The Morgan fingerprint density at radius 1 is 1.32 bits per heavy atom. The summed E-state index contributed by atoms with van der Waals surface area (Å²) in [5, 5.41) is 7.91. The summed E-state index contributed by atoms with van der Waals surface area (Å²) < 4.78 is 5.26. The molecule has 0 radical (unpaired) electrons. The number of hydrogen-bond donors (Lipinski definition) is 2. The molecule has 0 unspecified atom stereocenters. The predicted octanol–water partition coefficient (Wildman–Crippen LogP) is 3.79. The molecule has 0 atom stereocenters. The van der Waals surface area contributed by atoms with E-state index in [1.54, 1.807) is 6.07 Å². The van der Waals surface area contributed by atoms with E-state index >= 15 is 0 Å². The number of nitrogens with one attached hydrogen (secondary N) is 1. The summed E-state index contributed by atoms with van der Waals surface area (Å²) in [6, 6.07) is 7.82. The van der Waals surface area contributed by atoms with E-state index in [1.807, 2.05) is 18.2 Å². The maximum atomic E-state index is 5.98. The largest absolute Gasteiger partial charge is 0.370 e. The molecule has 3 rings (SSSR count). The van der Waals surface area contributed by atoms with Crippen molar-refractivity contribution in [3.63, 3.8) is 0 Å². The summed E-state index contributed by atoms with van der Waals surface area (Å²) in [7, 11) is 0. The van der Waals surface area contributed by atoms with Crippen molar-refractivity contribution < 1.29 is 4.52 Å². The van der Waals surface area contributed by atoms with Crippen molar-refractivity contribution in [2.24, 2.45) is 10.7 Å². The molecule has 1 heterocycles. The monoisotopic (exact) mass is 475 g/mol. The van der Waals surface area contributed by atoms with Crippen LogP contribution in [0.15, 0.2) is 33.8 Å². The van der Waals surface area contributed by atoms with Crippen molar-refractivity contribution in [1.29, 1.82) is 0 Å². The van der Waals surface area contributed by atoms with Crippen molar-refractivity contribution in [3.8, 4) is 11.4 Å². The highest BCUT2D eigenvalue weighted by atomic mass is 127. The van der Waals surface area contributed by atoms with Crippen molar-refractivity contribution in [3.05, 3.63) is 35.2 Å². The second-order valence-electron chi connectivity index (χ2n) is 6.02. The number of halogens is 2. The van der Waals surface area contributed by atoms with Gasteiger partial charge in [0.15, 0.2) is 5.96 Å². The Hall–Kier alpha value is -1.35. The van der Waals surface area contributed by atoms with Gasteiger partial charge < -0.3 is 15.6 Å². The van der Waals surface area contributed by atoms with Gasteiger partial charge in [0.05, 0.1) is 6.54 Å². The van der Waals surface area contributed by atoms with Gasteiger partial charge in [-0.1, -0.05) is 48.2 Å². The molecule has 8 heteroatoms. The molecule has 0 spiro atoms. The van der Waals surface area contributed by atoms with Gasteiger partial charge in [-0.3, -0.25) is 4.99 Å². The van der Waals surface area contributed by atoms with Crippen LogP contribution in [-0.4, -0.2) is 28.7 Å². The Labute approximate surface area is 169 Å². The molecule has 25 heavy (non-hydrogen) atoms. The van der Waals surface area contributed by atoms with E-state index in [9.17, 15) is 0 Å². The van der Waals surface area contributed by atoms with Gasteiger partial charge in [0.2, 0.25) is 11.7 Å². The minimum Gasteiger partial charge on any atom is -0.370 e. The van der Waals surface area contributed by atoms with E-state index in [-0.39, 0.29) is 24.0 Å². The van der Waals surface area contributed by atoms with E-state index in [0.717, 1.165) is 5.56 Å². The number of rotatable bonds is 5. The number of benzene rings is 1. The molecule has 1 aromatic heterocycles. The van der Waals surface area contributed by atoms with Crippen LogP contribution in [-0.2, 0) is 6.42 Å². The zero-order valence-electron chi connectivity index (χ0n) is 13.9. The Morgan fingerprint density at radius 2 is 2.12 bits per heavy atom. The Kier molecular flexibility index (Phi) is 7.95. The summed E-state index contributed by atoms with van der Waals surface area (Å²) in [6.07, 6.45) is 6.74. The Bertz CT molecular complexity index is 700. The van der Waals surface area contributed by atoms with Crippen LogP contribution in [0.25, 0.3) is 11.4 Å². The number of aromatic nitrogens is 2. The molecule has 0 bridgehead atoms. The average molecular weight is 476 g/mol. The second-order valence-corrected chi connectivity index (χ2v) is 6.45. The van der Waals surface area contributed by atoms with E-state index in [0.29, 0.717) is 41.7 Å². The van der Waals surface area contributed by atoms with Gasteiger partial charge in [0, 0.05) is 23.0 Å². The van der Waals surface area contributed by atoms with Crippen molar-refractivity contribution in [1.82, 2.24) is 15.5 Å². The van der Waals surface area contributed by atoms with Gasteiger partial charge >= 0.3 is 0 Å². The number of hydrogen-bond acceptors (Lipinski definition) is 4. The lowest BCUT2D eigenvalue weighted by Crippen LogP contribution is -2.41. The van der Waals surface area contributed by atoms with Gasteiger partial charge in [0.1, 0.15) is 0 Å². The van der Waals surface area contributed by atoms with Gasteiger partial charge in [-0.05, 0) is 25.0 Å². The third-order valence-electron chi connectivity index (χ3n) is 4.12. The first kappa shape index (κ1) is 20.0. The van der Waals surface area contributed by atoms with E-state index in [2.05, 4.69) is 20.4 Å². The molecule has 1 aliphatic rings. The van der Waals surface area contributed by atoms with Crippen molar-refractivity contribution >= 4 is 41.5 Å². The fourth-order valence-electron chi connectivity index (χ4n) is 2.87. The Balaban J connectivity index is 0.00000225. The minimum atomic E-state index is 0. The van der Waals surface area contributed by atoms with Crippen LogP contribution >= 0.6 is 35.6 Å². The molecule has 1 saturated carbocycles. The normalized spacial score (nSPS) is 15.6. The first-order chi connectivity index (χ1) is 11.7. The molecule has 0 amide bonds. The molecule has 2 aromatic rings. The van der Waals surface area contributed by atoms with E-state index in [1.165, 1.54) is 32.1 Å². The molecule has 1 fully saturated rings. The zero-order chi connectivity index (χ0) is 16.8. The lowest BCUT2D eigenvalue weighted by Gasteiger charge is -2.23. The molecule has 0 saturated heterocycles. The topological polar surface area (TPSA) is 89.3 Å². The first-order valence-corrected chi connectivity index (χ1v) is 8.73. The lowest BCUT2D eigenvalue weighted by atomic mass is 9.96. The number of nitrogens with two attached hydrogens (primary N) is 1. The standard InChI is InChI=1S/C17H22ClN5O.HI/c18-13-6-4-5-12(11-13)16-22-15(24-23-16)9-10-20-17(19)21-14-7-2-1-3-8-14;/h4-6,11,14H,1-3,7-10H2,(H3,19,20,21);1H. The third-order valence-corrected chi connectivity index (χ3v) is 4.35. The number of guanidine groups is 1. The quantitative estimate of drug-likeness (QED) is 0.390.